The molecule has 0 spiro atoms. The summed E-state index contributed by atoms with van der Waals surface area (Å²) >= 11 is 12.3. The number of ether oxygens (including phenoxy) is 1. The Morgan fingerprint density at radius 2 is 1.79 bits per heavy atom. The molecular weight excluding hydrogens is 475 g/mol. The Hall–Kier alpha value is -2.80. The van der Waals surface area contributed by atoms with Gasteiger partial charge in [-0.25, -0.2) is 0 Å². The molecule has 2 aromatic carbocycles. The minimum absolute atomic E-state index is 0.106. The summed E-state index contributed by atoms with van der Waals surface area (Å²) in [7, 11) is 0. The lowest BCUT2D eigenvalue weighted by Crippen LogP contribution is -2.45. The van der Waals surface area contributed by atoms with Gasteiger partial charge in [-0.2, -0.15) is 0 Å². The molecule has 2 heterocycles. The maximum absolute atomic E-state index is 13.5. The smallest absolute Gasteiger partial charge is 0.255 e. The van der Waals surface area contributed by atoms with Crippen LogP contribution in [0.1, 0.15) is 34.5 Å². The van der Waals surface area contributed by atoms with Gasteiger partial charge in [-0.3, -0.25) is 9.59 Å². The van der Waals surface area contributed by atoms with Crippen molar-refractivity contribution in [2.24, 2.45) is 0 Å². The minimum Gasteiger partial charge on any atom is -0.467 e. The zero-order valence-electron chi connectivity index (χ0n) is 18.7. The molecule has 3 aromatic rings. The number of nitrogens with zero attached hydrogens (tertiary/aromatic N) is 2. The predicted molar refractivity (Wildman–Crippen MR) is 131 cm³/mol. The van der Waals surface area contributed by atoms with E-state index in [4.69, 9.17) is 32.4 Å². The number of hydrogen-bond acceptors (Lipinski definition) is 4. The average molecular weight is 501 g/mol. The maximum Gasteiger partial charge on any atom is 0.255 e. The summed E-state index contributed by atoms with van der Waals surface area (Å²) in [5.41, 5.74) is 1.29. The lowest BCUT2D eigenvalue weighted by atomic mass is 10.1. The molecule has 1 unspecified atom stereocenters. The van der Waals surface area contributed by atoms with Crippen molar-refractivity contribution in [2.45, 2.75) is 32.0 Å². The van der Waals surface area contributed by atoms with Crippen LogP contribution in [0.25, 0.3) is 0 Å². The van der Waals surface area contributed by atoms with Crippen LogP contribution >= 0.6 is 23.2 Å². The van der Waals surface area contributed by atoms with Gasteiger partial charge >= 0.3 is 0 Å². The number of amides is 2. The van der Waals surface area contributed by atoms with E-state index in [0.29, 0.717) is 42.6 Å². The number of benzene rings is 2. The van der Waals surface area contributed by atoms with Crippen LogP contribution in [0, 0.1) is 0 Å². The van der Waals surface area contributed by atoms with E-state index < -0.39 is 0 Å². The van der Waals surface area contributed by atoms with Crippen molar-refractivity contribution in [3.8, 4) is 0 Å². The zero-order chi connectivity index (χ0) is 23.9. The molecule has 1 fully saturated rings. The van der Waals surface area contributed by atoms with Crippen LogP contribution in [0.2, 0.25) is 10.0 Å². The van der Waals surface area contributed by atoms with E-state index in [1.165, 1.54) is 11.0 Å². The van der Waals surface area contributed by atoms with Crippen molar-refractivity contribution in [1.29, 1.82) is 0 Å². The fourth-order valence-corrected chi connectivity index (χ4v) is 4.47. The molecule has 0 saturated carbocycles. The second-order valence-electron chi connectivity index (χ2n) is 8.26. The van der Waals surface area contributed by atoms with Crippen molar-refractivity contribution in [2.75, 3.05) is 19.7 Å². The Morgan fingerprint density at radius 1 is 0.971 bits per heavy atom. The molecule has 6 nitrogen and oxygen atoms in total. The van der Waals surface area contributed by atoms with Crippen LogP contribution in [-0.4, -0.2) is 47.4 Å². The van der Waals surface area contributed by atoms with E-state index in [0.717, 1.165) is 18.4 Å². The second-order valence-corrected chi connectivity index (χ2v) is 9.10. The normalized spacial score (nSPS) is 15.3. The van der Waals surface area contributed by atoms with Crippen molar-refractivity contribution in [3.63, 3.8) is 0 Å². The standard InChI is InChI=1S/C26H26Cl2N2O4/c27-20-10-11-23(24(28)14-20)26(32)30(17-22-9-5-13-34-22)18-25(31)29(16-21-8-4-12-33-21)15-19-6-2-1-3-7-19/h1-4,6-8,10-12,14,22H,5,9,13,15-18H2. The maximum atomic E-state index is 13.5. The van der Waals surface area contributed by atoms with Crippen LogP contribution in [0.15, 0.2) is 71.3 Å². The van der Waals surface area contributed by atoms with Crippen molar-refractivity contribution < 1.29 is 18.7 Å². The van der Waals surface area contributed by atoms with Gasteiger partial charge in [0.05, 0.1) is 29.5 Å². The Kier molecular flexibility index (Phi) is 8.27. The predicted octanol–water partition coefficient (Wildman–Crippen LogP) is 5.44. The number of halogens is 2. The Morgan fingerprint density at radius 3 is 2.47 bits per heavy atom. The van der Waals surface area contributed by atoms with Gasteiger partial charge in [-0.05, 0) is 48.7 Å². The molecule has 34 heavy (non-hydrogen) atoms. The monoisotopic (exact) mass is 500 g/mol. The summed E-state index contributed by atoms with van der Waals surface area (Å²) in [6, 6.07) is 18.1. The highest BCUT2D eigenvalue weighted by molar-refractivity contribution is 6.36. The highest BCUT2D eigenvalue weighted by Crippen LogP contribution is 2.24. The molecule has 1 aliphatic heterocycles. The average Bonchev–Trinajstić information content (AvgIpc) is 3.53. The topological polar surface area (TPSA) is 63.0 Å². The molecule has 4 rings (SSSR count). The first-order valence-corrected chi connectivity index (χ1v) is 11.9. The van der Waals surface area contributed by atoms with Crippen molar-refractivity contribution in [3.05, 3.63) is 93.9 Å². The molecule has 1 aliphatic rings. The van der Waals surface area contributed by atoms with Crippen LogP contribution < -0.4 is 0 Å². The quantitative estimate of drug-likeness (QED) is 0.392. The van der Waals surface area contributed by atoms with Crippen molar-refractivity contribution in [1.82, 2.24) is 9.80 Å². The number of carbonyl (C=O) groups excluding carboxylic acids is 2. The molecule has 0 N–H and O–H groups in total. The Labute approximate surface area is 209 Å². The van der Waals surface area contributed by atoms with Crippen LogP contribution in [0.3, 0.4) is 0 Å². The lowest BCUT2D eigenvalue weighted by molar-refractivity contribution is -0.133. The SMILES string of the molecule is O=C(CN(CC1CCCO1)C(=O)c1ccc(Cl)cc1Cl)N(Cc1ccccc1)Cc1ccco1. The fourth-order valence-electron chi connectivity index (χ4n) is 3.98. The largest absolute Gasteiger partial charge is 0.467 e. The highest BCUT2D eigenvalue weighted by atomic mass is 35.5. The summed E-state index contributed by atoms with van der Waals surface area (Å²) < 4.78 is 11.2. The summed E-state index contributed by atoms with van der Waals surface area (Å²) in [5, 5.41) is 0.690. The second kappa shape index (κ2) is 11.6. The van der Waals surface area contributed by atoms with E-state index in [-0.39, 0.29) is 29.5 Å². The van der Waals surface area contributed by atoms with Crippen molar-refractivity contribution >= 4 is 35.0 Å². The number of carbonyl (C=O) groups is 2. The van der Waals surface area contributed by atoms with Gasteiger partial charge in [0, 0.05) is 24.7 Å². The zero-order valence-corrected chi connectivity index (χ0v) is 20.2. The molecule has 0 radical (unpaired) electrons. The molecule has 0 aliphatic carbocycles. The third kappa shape index (κ3) is 6.41. The number of furan rings is 1. The van der Waals surface area contributed by atoms with Gasteiger partial charge in [-0.15, -0.1) is 0 Å². The molecule has 1 atom stereocenters. The van der Waals surface area contributed by atoms with Gasteiger partial charge in [-0.1, -0.05) is 53.5 Å². The number of rotatable bonds is 9. The first-order chi connectivity index (χ1) is 16.5. The molecule has 8 heteroatoms. The van der Waals surface area contributed by atoms with E-state index in [9.17, 15) is 9.59 Å². The molecule has 1 saturated heterocycles. The molecule has 1 aromatic heterocycles. The minimum atomic E-state index is -0.330. The third-order valence-corrected chi connectivity index (χ3v) is 6.27. The van der Waals surface area contributed by atoms with E-state index in [2.05, 4.69) is 0 Å². The van der Waals surface area contributed by atoms with Gasteiger partial charge in [0.2, 0.25) is 5.91 Å². The van der Waals surface area contributed by atoms with E-state index >= 15 is 0 Å². The third-order valence-electron chi connectivity index (χ3n) is 5.72. The van der Waals surface area contributed by atoms with Crippen LogP contribution in [0.5, 0.6) is 0 Å². The Bertz CT molecular complexity index is 1100. The first kappa shape index (κ1) is 24.3. The first-order valence-electron chi connectivity index (χ1n) is 11.2. The van der Waals surface area contributed by atoms with Gasteiger partial charge in [0.15, 0.2) is 0 Å². The Balaban J connectivity index is 1.56. The van der Waals surface area contributed by atoms with E-state index in [1.54, 1.807) is 29.4 Å². The highest BCUT2D eigenvalue weighted by Gasteiger charge is 2.28. The van der Waals surface area contributed by atoms with Crippen LogP contribution in [-0.2, 0) is 22.6 Å². The van der Waals surface area contributed by atoms with Gasteiger partial charge in [0.25, 0.3) is 5.91 Å². The molecule has 0 bridgehead atoms. The summed E-state index contributed by atoms with van der Waals surface area (Å²) in [5.74, 6) is 0.141. The van der Waals surface area contributed by atoms with E-state index in [1.807, 2.05) is 36.4 Å². The fraction of sp³-hybridized carbons (Fsp3) is 0.308. The lowest BCUT2D eigenvalue weighted by Gasteiger charge is -2.29. The molecular formula is C26H26Cl2N2O4. The number of hydrogen-bond donors (Lipinski definition) is 0. The van der Waals surface area contributed by atoms with Crippen LogP contribution in [0.4, 0.5) is 0 Å². The van der Waals surface area contributed by atoms with Gasteiger partial charge in [0.1, 0.15) is 12.3 Å². The molecule has 178 valence electrons. The summed E-state index contributed by atoms with van der Waals surface area (Å²) in [6.45, 7) is 1.55. The van der Waals surface area contributed by atoms with Gasteiger partial charge < -0.3 is 19.0 Å². The summed E-state index contributed by atoms with van der Waals surface area (Å²) in [4.78, 5) is 30.2. The molecule has 2 amide bonds. The summed E-state index contributed by atoms with van der Waals surface area (Å²) in [6.07, 6.45) is 3.24.